The molecular formula is C19H15ClF3N3O2. The number of aldehydes is 1. The molecule has 146 valence electrons. The Morgan fingerprint density at radius 3 is 2.54 bits per heavy atom. The summed E-state index contributed by atoms with van der Waals surface area (Å²) < 4.78 is 43.4. The summed E-state index contributed by atoms with van der Waals surface area (Å²) in [6.07, 6.45) is -3.13. The summed E-state index contributed by atoms with van der Waals surface area (Å²) >= 11 is 5.87. The first-order chi connectivity index (χ1) is 13.4. The number of halogens is 4. The number of pyridine rings is 1. The highest BCUT2D eigenvalue weighted by atomic mass is 35.5. The van der Waals surface area contributed by atoms with Crippen molar-refractivity contribution < 1.29 is 22.4 Å². The van der Waals surface area contributed by atoms with Gasteiger partial charge >= 0.3 is 6.18 Å². The third-order valence-electron chi connectivity index (χ3n) is 3.84. The van der Waals surface area contributed by atoms with Crippen LogP contribution in [0.4, 0.5) is 24.7 Å². The van der Waals surface area contributed by atoms with Crippen LogP contribution in [0.1, 0.15) is 16.1 Å². The van der Waals surface area contributed by atoms with Crippen LogP contribution in [-0.4, -0.2) is 24.4 Å². The fourth-order valence-electron chi connectivity index (χ4n) is 2.51. The summed E-state index contributed by atoms with van der Waals surface area (Å²) in [7, 11) is 0. The largest absolute Gasteiger partial charge is 0.453 e. The average Bonchev–Trinajstić information content (AvgIpc) is 3.15. The van der Waals surface area contributed by atoms with Gasteiger partial charge < -0.3 is 15.1 Å². The van der Waals surface area contributed by atoms with Gasteiger partial charge in [-0.05, 0) is 30.3 Å². The highest BCUT2D eigenvalue weighted by Gasteiger charge is 2.31. The first kappa shape index (κ1) is 19.8. The lowest BCUT2D eigenvalue weighted by molar-refractivity contribution is -0.137. The molecule has 0 aliphatic carbocycles. The number of furan rings is 1. The summed E-state index contributed by atoms with van der Waals surface area (Å²) in [4.78, 5) is 14.5. The van der Waals surface area contributed by atoms with E-state index in [4.69, 9.17) is 16.0 Å². The average molecular weight is 410 g/mol. The first-order valence-electron chi connectivity index (χ1n) is 8.23. The molecule has 2 N–H and O–H groups in total. The molecule has 1 aromatic carbocycles. The maximum absolute atomic E-state index is 12.6. The lowest BCUT2D eigenvalue weighted by atomic mass is 10.1. The van der Waals surface area contributed by atoms with E-state index < -0.39 is 11.7 Å². The molecule has 3 rings (SSSR count). The minimum Gasteiger partial charge on any atom is -0.453 e. The van der Waals surface area contributed by atoms with Crippen LogP contribution in [0.2, 0.25) is 5.02 Å². The van der Waals surface area contributed by atoms with E-state index in [1.165, 1.54) is 0 Å². The molecule has 9 heteroatoms. The van der Waals surface area contributed by atoms with Gasteiger partial charge in [0.15, 0.2) is 12.0 Å². The molecule has 2 aromatic heterocycles. The predicted molar refractivity (Wildman–Crippen MR) is 101 cm³/mol. The van der Waals surface area contributed by atoms with Crippen molar-refractivity contribution >= 4 is 29.4 Å². The van der Waals surface area contributed by atoms with E-state index in [0.29, 0.717) is 25.1 Å². The van der Waals surface area contributed by atoms with Crippen LogP contribution in [0.3, 0.4) is 0 Å². The Balaban J connectivity index is 1.61. The summed E-state index contributed by atoms with van der Waals surface area (Å²) in [6.45, 7) is 0.807. The second-order valence-electron chi connectivity index (χ2n) is 5.77. The minimum atomic E-state index is -4.49. The first-order valence-corrected chi connectivity index (χ1v) is 8.61. The van der Waals surface area contributed by atoms with Gasteiger partial charge in [0.2, 0.25) is 0 Å². The lowest BCUT2D eigenvalue weighted by Gasteiger charge is -2.13. The maximum Gasteiger partial charge on any atom is 0.417 e. The minimum absolute atomic E-state index is 0.104. The normalized spacial score (nSPS) is 11.3. The van der Waals surface area contributed by atoms with Crippen molar-refractivity contribution in [1.29, 1.82) is 0 Å². The highest BCUT2D eigenvalue weighted by molar-refractivity contribution is 6.32. The van der Waals surface area contributed by atoms with E-state index in [1.807, 2.05) is 24.3 Å². The second kappa shape index (κ2) is 8.35. The Kier molecular flexibility index (Phi) is 5.89. The van der Waals surface area contributed by atoms with Crippen molar-refractivity contribution in [3.8, 4) is 11.3 Å². The van der Waals surface area contributed by atoms with E-state index in [0.717, 1.165) is 23.5 Å². The predicted octanol–water partition coefficient (Wildman–Crippen LogP) is 5.35. The molecule has 0 aliphatic heterocycles. The Hall–Kier alpha value is -3.00. The number of nitrogens with zero attached hydrogens (tertiary/aromatic N) is 1. The zero-order valence-electron chi connectivity index (χ0n) is 14.4. The van der Waals surface area contributed by atoms with E-state index >= 15 is 0 Å². The van der Waals surface area contributed by atoms with Crippen LogP contribution in [0.15, 0.2) is 53.1 Å². The topological polar surface area (TPSA) is 67.2 Å². The van der Waals surface area contributed by atoms with Crippen LogP contribution < -0.4 is 10.6 Å². The number of alkyl halides is 3. The Morgan fingerprint density at radius 1 is 1.11 bits per heavy atom. The van der Waals surface area contributed by atoms with Gasteiger partial charge in [-0.3, -0.25) is 4.79 Å². The summed E-state index contributed by atoms with van der Waals surface area (Å²) in [6, 6.07) is 11.5. The number of carbonyl (C=O) groups is 1. The van der Waals surface area contributed by atoms with Crippen molar-refractivity contribution in [2.75, 3.05) is 23.7 Å². The molecule has 0 unspecified atom stereocenters. The molecule has 0 fully saturated rings. The van der Waals surface area contributed by atoms with Crippen molar-refractivity contribution in [2.45, 2.75) is 6.18 Å². The molecule has 5 nitrogen and oxygen atoms in total. The fourth-order valence-corrected chi connectivity index (χ4v) is 2.75. The van der Waals surface area contributed by atoms with Gasteiger partial charge in [0.05, 0.1) is 10.6 Å². The lowest BCUT2D eigenvalue weighted by Crippen LogP contribution is -2.15. The third-order valence-corrected chi connectivity index (χ3v) is 4.12. The van der Waals surface area contributed by atoms with E-state index in [9.17, 15) is 18.0 Å². The number of anilines is 2. The van der Waals surface area contributed by atoms with E-state index in [2.05, 4.69) is 15.6 Å². The van der Waals surface area contributed by atoms with E-state index in [-0.39, 0.29) is 16.6 Å². The second-order valence-corrected chi connectivity index (χ2v) is 6.18. The number of hydrogen-bond acceptors (Lipinski definition) is 5. The Bertz CT molecular complexity index is 973. The monoisotopic (exact) mass is 409 g/mol. The number of carbonyl (C=O) groups excluding carboxylic acids is 1. The van der Waals surface area contributed by atoms with Gasteiger partial charge in [-0.1, -0.05) is 23.7 Å². The molecule has 2 heterocycles. The Labute approximate surface area is 163 Å². The molecular weight excluding hydrogens is 395 g/mol. The smallest absolute Gasteiger partial charge is 0.417 e. The number of hydrogen-bond donors (Lipinski definition) is 2. The molecule has 0 aliphatic rings. The van der Waals surface area contributed by atoms with Crippen molar-refractivity contribution in [1.82, 2.24) is 4.98 Å². The summed E-state index contributed by atoms with van der Waals surface area (Å²) in [5, 5.41) is 5.99. The van der Waals surface area contributed by atoms with Gasteiger partial charge in [-0.2, -0.15) is 13.2 Å². The summed E-state index contributed by atoms with van der Waals surface area (Å²) in [5.41, 5.74) is 0.659. The van der Waals surface area contributed by atoms with Crippen LogP contribution in [0, 0.1) is 0 Å². The number of aromatic nitrogens is 1. The van der Waals surface area contributed by atoms with Crippen molar-refractivity contribution in [2.24, 2.45) is 0 Å². The van der Waals surface area contributed by atoms with Crippen LogP contribution >= 0.6 is 11.6 Å². The molecule has 0 radical (unpaired) electrons. The van der Waals surface area contributed by atoms with Crippen molar-refractivity contribution in [3.63, 3.8) is 0 Å². The fraction of sp³-hybridized carbons (Fsp3) is 0.158. The molecule has 3 aromatic rings. The molecule has 28 heavy (non-hydrogen) atoms. The van der Waals surface area contributed by atoms with Gasteiger partial charge in [0.1, 0.15) is 11.6 Å². The van der Waals surface area contributed by atoms with Crippen LogP contribution in [0.25, 0.3) is 11.3 Å². The van der Waals surface area contributed by atoms with Gasteiger partial charge in [0.25, 0.3) is 0 Å². The zero-order valence-corrected chi connectivity index (χ0v) is 15.1. The third kappa shape index (κ3) is 4.64. The molecule has 0 saturated heterocycles. The van der Waals surface area contributed by atoms with Crippen LogP contribution in [0.5, 0.6) is 0 Å². The number of para-hydroxylation sites is 1. The number of nitrogens with one attached hydrogen (secondary N) is 2. The van der Waals surface area contributed by atoms with Crippen LogP contribution in [-0.2, 0) is 6.18 Å². The standard InChI is InChI=1S/C19H15ClF3N3O2/c20-15-9-12(19(21,22)23)10-26-18(15)25-8-7-24-16-4-2-1-3-14(16)17-6-5-13(11-27)28-17/h1-6,9-11,24H,7-8H2,(H,25,26). The molecule has 0 amide bonds. The van der Waals surface area contributed by atoms with E-state index in [1.54, 1.807) is 12.1 Å². The number of rotatable bonds is 7. The zero-order chi connectivity index (χ0) is 20.1. The van der Waals surface area contributed by atoms with Gasteiger partial charge in [-0.15, -0.1) is 0 Å². The van der Waals surface area contributed by atoms with Crippen molar-refractivity contribution in [3.05, 3.63) is 65.0 Å². The molecule has 0 atom stereocenters. The quantitative estimate of drug-likeness (QED) is 0.406. The SMILES string of the molecule is O=Cc1ccc(-c2ccccc2NCCNc2ncc(C(F)(F)F)cc2Cl)o1. The highest BCUT2D eigenvalue weighted by Crippen LogP contribution is 2.32. The summed E-state index contributed by atoms with van der Waals surface area (Å²) in [5.74, 6) is 0.950. The van der Waals surface area contributed by atoms with Gasteiger partial charge in [-0.25, -0.2) is 4.98 Å². The molecule has 0 bridgehead atoms. The number of benzene rings is 1. The Morgan fingerprint density at radius 2 is 1.86 bits per heavy atom. The molecule has 0 saturated carbocycles. The molecule has 0 spiro atoms. The maximum atomic E-state index is 12.6. The van der Waals surface area contributed by atoms with Gasteiger partial charge in [0, 0.05) is 30.5 Å².